The second kappa shape index (κ2) is 19.4. The number of morpholine rings is 1. The fourth-order valence-corrected chi connectivity index (χ4v) is 12.2. The first-order valence-corrected chi connectivity index (χ1v) is 26.3. The summed E-state index contributed by atoms with van der Waals surface area (Å²) in [6.07, 6.45) is 2.12. The van der Waals surface area contributed by atoms with Crippen molar-refractivity contribution < 1.29 is 51.8 Å². The minimum Gasteiger partial charge on any atom is -0.370 e. The van der Waals surface area contributed by atoms with E-state index in [-0.39, 0.29) is 65.1 Å². The molecular weight excluding hydrogens is 960 g/mol. The van der Waals surface area contributed by atoms with E-state index in [1.54, 1.807) is 16.8 Å². The van der Waals surface area contributed by atoms with Gasteiger partial charge < -0.3 is 29.6 Å². The third kappa shape index (κ3) is 9.98. The number of aromatic nitrogens is 2. The third-order valence-electron chi connectivity index (χ3n) is 14.5. The Kier molecular flexibility index (Phi) is 13.8. The van der Waals surface area contributed by atoms with Crippen molar-refractivity contribution in [2.24, 2.45) is 24.3 Å². The van der Waals surface area contributed by atoms with Gasteiger partial charge in [0.25, 0.3) is 5.91 Å². The van der Waals surface area contributed by atoms with Crippen molar-refractivity contribution in [1.82, 2.24) is 34.5 Å². The molecule has 5 amide bonds. The van der Waals surface area contributed by atoms with Crippen molar-refractivity contribution in [3.63, 3.8) is 0 Å². The Morgan fingerprint density at radius 3 is 2.41 bits per heavy atom. The molecule has 0 bridgehead atoms. The van der Waals surface area contributed by atoms with E-state index in [2.05, 4.69) is 15.5 Å². The zero-order chi connectivity index (χ0) is 50.7. The molecule has 6 heterocycles. The summed E-state index contributed by atoms with van der Waals surface area (Å²) in [5, 5.41) is 5.43. The molecular formula is C50H58F2N7O10PS. The molecule has 5 aromatic rings. The molecule has 4 saturated heterocycles. The molecule has 0 saturated carbocycles. The molecule has 4 aliphatic rings. The number of benzene rings is 3. The van der Waals surface area contributed by atoms with Crippen molar-refractivity contribution >= 4 is 69.6 Å². The van der Waals surface area contributed by atoms with Gasteiger partial charge in [0.15, 0.2) is 0 Å². The Hall–Kier alpha value is -5.63. The van der Waals surface area contributed by atoms with Crippen LogP contribution in [0.5, 0.6) is 0 Å². The number of hydrogen-bond donors (Lipinski definition) is 4. The number of nitrogens with zero attached hydrogens (tertiary/aromatic N) is 5. The van der Waals surface area contributed by atoms with Crippen molar-refractivity contribution in [2.45, 2.75) is 89.3 Å². The zero-order valence-corrected chi connectivity index (χ0v) is 41.6. The Labute approximate surface area is 412 Å². The summed E-state index contributed by atoms with van der Waals surface area (Å²) in [6, 6.07) is 17.2. The molecule has 4 aliphatic heterocycles. The molecule has 2 aromatic heterocycles. The second-order valence-corrected chi connectivity index (χ2v) is 23.2. The molecule has 4 N–H and O–H groups in total. The van der Waals surface area contributed by atoms with Gasteiger partial charge in [-0.15, -0.1) is 11.3 Å². The Bertz CT molecular complexity index is 3020. The number of thiophene rings is 1. The summed E-state index contributed by atoms with van der Waals surface area (Å²) in [5.74, 6) is -2.10. The predicted molar refractivity (Wildman–Crippen MR) is 260 cm³/mol. The van der Waals surface area contributed by atoms with Crippen LogP contribution in [-0.4, -0.2) is 115 Å². The average Bonchev–Trinajstić information content (AvgIpc) is 4.13. The molecule has 17 nitrogen and oxygen atoms in total. The highest BCUT2D eigenvalue weighted by Gasteiger charge is 2.51. The van der Waals surface area contributed by atoms with E-state index in [1.807, 2.05) is 69.3 Å². The maximum absolute atomic E-state index is 15.1. The van der Waals surface area contributed by atoms with E-state index in [0.29, 0.717) is 54.8 Å². The van der Waals surface area contributed by atoms with E-state index >= 15 is 9.59 Å². The van der Waals surface area contributed by atoms with Gasteiger partial charge >= 0.3 is 18.9 Å². The maximum Gasteiger partial charge on any atom is 0.399 e. The lowest BCUT2D eigenvalue weighted by Gasteiger charge is -2.40. The number of imidazole rings is 1. The minimum atomic E-state index is -5.84. The fourth-order valence-electron chi connectivity index (χ4n) is 10.8. The zero-order valence-electron chi connectivity index (χ0n) is 39.9. The van der Waals surface area contributed by atoms with Crippen LogP contribution < -0.4 is 16.3 Å². The van der Waals surface area contributed by atoms with E-state index < -0.39 is 60.1 Å². The second-order valence-electron chi connectivity index (χ2n) is 20.4. The van der Waals surface area contributed by atoms with Crippen LogP contribution in [0.2, 0.25) is 0 Å². The van der Waals surface area contributed by atoms with Crippen molar-refractivity contribution in [2.75, 3.05) is 39.3 Å². The topological polar surface area (TPSA) is 213 Å². The molecule has 0 spiro atoms. The first-order valence-electron chi connectivity index (χ1n) is 23.9. The molecule has 21 heteroatoms. The largest absolute Gasteiger partial charge is 0.399 e. The molecule has 9 rings (SSSR count). The lowest BCUT2D eigenvalue weighted by atomic mass is 9.84. The molecule has 4 fully saturated rings. The minimum absolute atomic E-state index is 0.103. The summed E-state index contributed by atoms with van der Waals surface area (Å²) in [5.41, 5.74) is -3.30. The van der Waals surface area contributed by atoms with Crippen LogP contribution in [0.25, 0.3) is 21.1 Å². The number of likely N-dealkylation sites (tertiary alicyclic amines) is 2. The summed E-state index contributed by atoms with van der Waals surface area (Å²) in [4.78, 5) is 107. The Morgan fingerprint density at radius 1 is 0.930 bits per heavy atom. The van der Waals surface area contributed by atoms with E-state index in [4.69, 9.17) is 4.74 Å². The first kappa shape index (κ1) is 50.3. The van der Waals surface area contributed by atoms with E-state index in [1.165, 1.54) is 21.3 Å². The number of hydrogen-bond acceptors (Lipinski definition) is 10. The van der Waals surface area contributed by atoms with Gasteiger partial charge in [-0.2, -0.15) is 8.78 Å². The Morgan fingerprint density at radius 2 is 1.69 bits per heavy atom. The van der Waals surface area contributed by atoms with Crippen LogP contribution in [0.3, 0.4) is 0 Å². The smallest absolute Gasteiger partial charge is 0.370 e. The molecule has 0 radical (unpaired) electrons. The maximum atomic E-state index is 15.1. The van der Waals surface area contributed by atoms with Crippen molar-refractivity contribution in [3.05, 3.63) is 105 Å². The number of carbonyl (C=O) groups excluding carboxylic acids is 5. The van der Waals surface area contributed by atoms with Crippen molar-refractivity contribution in [3.8, 4) is 0 Å². The highest BCUT2D eigenvalue weighted by atomic mass is 32.1. The molecule has 2 unspecified atom stereocenters. The summed E-state index contributed by atoms with van der Waals surface area (Å²) >= 11 is 0.988. The number of fused-ring (bicyclic) bond motifs is 2. The van der Waals surface area contributed by atoms with Gasteiger partial charge in [0.2, 0.25) is 23.6 Å². The lowest BCUT2D eigenvalue weighted by molar-refractivity contribution is -0.152. The van der Waals surface area contributed by atoms with Gasteiger partial charge in [0.1, 0.15) is 24.2 Å². The van der Waals surface area contributed by atoms with Gasteiger partial charge in [-0.25, -0.2) is 4.79 Å². The number of alkyl halides is 2. The van der Waals surface area contributed by atoms with Gasteiger partial charge in [-0.1, -0.05) is 63.2 Å². The van der Waals surface area contributed by atoms with Crippen LogP contribution in [0.1, 0.15) is 91.4 Å². The number of halogens is 2. The van der Waals surface area contributed by atoms with Crippen LogP contribution in [0, 0.1) is 17.3 Å². The SMILES string of the molecule is Cn1c(=O)n(C2CCC(=O)NC2=O)c2ccc(CN3CCC(C[C@@H]4CCN(C(=O)[C@@H](NC(=O)c5cc6cc(C(F)(F)P(=O)(O)O)ccc6s5)C(C)(C)C)[C@@H]4C(=O)N4CCO[C@H](c5ccccc5)C4)C3)cc21. The number of nitrogens with one attached hydrogen (secondary N) is 2. The highest BCUT2D eigenvalue weighted by molar-refractivity contribution is 7.52. The number of aryl methyl sites for hydroxylation is 1. The Balaban J connectivity index is 0.934. The van der Waals surface area contributed by atoms with Crippen molar-refractivity contribution in [1.29, 1.82) is 0 Å². The van der Waals surface area contributed by atoms with E-state index in [0.717, 1.165) is 54.1 Å². The highest BCUT2D eigenvalue weighted by Crippen LogP contribution is 2.59. The summed E-state index contributed by atoms with van der Waals surface area (Å²) in [7, 11) is -4.17. The molecule has 0 aliphatic carbocycles. The standard InChI is InChI=1S/C50H58F2N7O10PS/c1-49(2,3)43(54-45(62)40-25-33-24-34(11-14-39(33)71-40)50(51,52)70(66,67)68)47(64)58-19-17-32(42(58)46(63)57-20-21-69-38(28-57)31-8-6-5-7-9-31)22-30-16-18-56(27-30)26-29-10-12-35-37(23-29)55(4)48(65)59(35)36-13-15-41(60)53-44(36)61/h5-12,14,23-25,30,32,36,38,42-43H,13,15-22,26-28H2,1-4H3,(H,54,62)(H,53,60,61)(H2,66,67,68)/t30?,32-,36?,38-,42-,43+/m0/s1. The number of imide groups is 1. The number of carbonyl (C=O) groups is 5. The molecule has 6 atom stereocenters. The first-order chi connectivity index (χ1) is 33.6. The van der Waals surface area contributed by atoms with E-state index in [9.17, 15) is 42.3 Å². The lowest BCUT2D eigenvalue weighted by Crippen LogP contribution is -2.59. The summed E-state index contributed by atoms with van der Waals surface area (Å²) in [6.45, 7) is 8.79. The third-order valence-corrected chi connectivity index (χ3v) is 16.6. The predicted octanol–water partition coefficient (Wildman–Crippen LogP) is 5.63. The number of amides is 5. The molecule has 71 heavy (non-hydrogen) atoms. The van der Waals surface area contributed by atoms with Gasteiger partial charge in [-0.3, -0.25) is 47.9 Å². The summed E-state index contributed by atoms with van der Waals surface area (Å²) < 4.78 is 50.4. The monoisotopic (exact) mass is 1020 g/mol. The fraction of sp³-hybridized carbons (Fsp3) is 0.480. The quantitative estimate of drug-likeness (QED) is 0.0888. The van der Waals surface area contributed by atoms with Crippen LogP contribution in [0.15, 0.2) is 77.6 Å². The number of piperidine rings is 1. The number of rotatable bonds is 12. The van der Waals surface area contributed by atoms with Gasteiger partial charge in [-0.05, 0) is 96.3 Å². The normalized spacial score (nSPS) is 23.1. The number of ether oxygens (including phenoxy) is 1. The molecule has 3 aromatic carbocycles. The van der Waals surface area contributed by atoms with Crippen LogP contribution >= 0.6 is 18.9 Å². The van der Waals surface area contributed by atoms with Crippen LogP contribution in [-0.2, 0) is 47.7 Å². The average molecular weight is 1020 g/mol. The van der Waals surface area contributed by atoms with Gasteiger partial charge in [0.05, 0.1) is 29.1 Å². The van der Waals surface area contributed by atoms with Crippen LogP contribution in [0.4, 0.5) is 8.78 Å². The van der Waals surface area contributed by atoms with Gasteiger partial charge in [0, 0.05) is 49.9 Å². The molecule has 378 valence electrons.